The fourth-order valence-electron chi connectivity index (χ4n) is 2.66. The third kappa shape index (κ3) is 4.21. The van der Waals surface area contributed by atoms with E-state index < -0.39 is 0 Å². The third-order valence-corrected chi connectivity index (χ3v) is 4.91. The number of fused-ring (bicyclic) bond motifs is 1. The summed E-state index contributed by atoms with van der Waals surface area (Å²) in [6, 6.07) is 5.75. The molecule has 1 saturated heterocycles. The highest BCUT2D eigenvalue weighted by Crippen LogP contribution is 2.26. The van der Waals surface area contributed by atoms with Gasteiger partial charge in [0.05, 0.1) is 29.0 Å². The van der Waals surface area contributed by atoms with Crippen LogP contribution in [0, 0.1) is 0 Å². The molecule has 0 aliphatic carbocycles. The topological polar surface area (TPSA) is 76.2 Å². The number of rotatable bonds is 7. The average molecular weight is 349 g/mol. The maximum Gasteiger partial charge on any atom is 0.233 e. The fourth-order valence-corrected chi connectivity index (χ4v) is 3.51. The normalized spacial score (nSPS) is 18.7. The van der Waals surface area contributed by atoms with Crippen molar-refractivity contribution in [1.29, 1.82) is 0 Å². The monoisotopic (exact) mass is 349 g/mol. The zero-order valence-corrected chi connectivity index (χ0v) is 14.8. The van der Waals surface area contributed by atoms with E-state index in [4.69, 9.17) is 9.47 Å². The van der Waals surface area contributed by atoms with Gasteiger partial charge in [0.25, 0.3) is 0 Å². The molecule has 2 aromatic rings. The summed E-state index contributed by atoms with van der Waals surface area (Å²) in [5, 5.41) is 3.47. The lowest BCUT2D eigenvalue weighted by Crippen LogP contribution is -2.36. The van der Waals surface area contributed by atoms with Gasteiger partial charge in [-0.05, 0) is 38.8 Å². The number of amides is 1. The van der Waals surface area contributed by atoms with Gasteiger partial charge in [-0.1, -0.05) is 11.8 Å². The van der Waals surface area contributed by atoms with Crippen molar-refractivity contribution in [2.24, 2.45) is 0 Å². The van der Waals surface area contributed by atoms with Crippen molar-refractivity contribution in [2.75, 3.05) is 19.8 Å². The van der Waals surface area contributed by atoms with Crippen LogP contribution in [0.2, 0.25) is 0 Å². The van der Waals surface area contributed by atoms with Gasteiger partial charge in [0.15, 0.2) is 5.16 Å². The first kappa shape index (κ1) is 17.1. The van der Waals surface area contributed by atoms with Crippen LogP contribution in [0.15, 0.2) is 23.4 Å². The van der Waals surface area contributed by atoms with Crippen LogP contribution >= 0.6 is 11.8 Å². The Bertz CT molecular complexity index is 697. The number of nitrogens with zero attached hydrogens (tertiary/aromatic N) is 1. The Balaban J connectivity index is 1.57. The Morgan fingerprint density at radius 1 is 1.58 bits per heavy atom. The van der Waals surface area contributed by atoms with E-state index in [0.29, 0.717) is 13.2 Å². The Morgan fingerprint density at radius 2 is 2.46 bits per heavy atom. The number of ether oxygens (including phenoxy) is 2. The predicted octanol–water partition coefficient (Wildman–Crippen LogP) is 2.74. The zero-order chi connectivity index (χ0) is 16.9. The molecule has 1 amide bonds. The Hall–Kier alpha value is -1.73. The van der Waals surface area contributed by atoms with Gasteiger partial charge in [0, 0.05) is 19.2 Å². The molecule has 1 aromatic heterocycles. The Kier molecular flexibility index (Phi) is 5.63. The molecule has 0 bridgehead atoms. The molecule has 2 heterocycles. The SMILES string of the molecule is CCOc1ccc2nc(S[C@H](C)C(=O)NC[C@H]3CCCO3)[nH]c2c1. The second-order valence-electron chi connectivity index (χ2n) is 5.79. The van der Waals surface area contributed by atoms with Gasteiger partial charge in [-0.15, -0.1) is 0 Å². The van der Waals surface area contributed by atoms with Crippen molar-refractivity contribution in [3.63, 3.8) is 0 Å². The van der Waals surface area contributed by atoms with E-state index >= 15 is 0 Å². The second kappa shape index (κ2) is 7.90. The molecular weight excluding hydrogens is 326 g/mol. The number of carbonyl (C=O) groups excluding carboxylic acids is 1. The Labute approximate surface area is 145 Å². The molecule has 2 atom stereocenters. The van der Waals surface area contributed by atoms with Gasteiger partial charge >= 0.3 is 0 Å². The number of carbonyl (C=O) groups is 1. The zero-order valence-electron chi connectivity index (χ0n) is 14.0. The summed E-state index contributed by atoms with van der Waals surface area (Å²) in [5.74, 6) is 0.818. The molecule has 1 aromatic carbocycles. The summed E-state index contributed by atoms with van der Waals surface area (Å²) < 4.78 is 11.0. The van der Waals surface area contributed by atoms with E-state index in [1.54, 1.807) is 0 Å². The molecular formula is C17H23N3O3S. The number of benzene rings is 1. The van der Waals surface area contributed by atoms with Crippen molar-refractivity contribution in [2.45, 2.75) is 43.2 Å². The van der Waals surface area contributed by atoms with Crippen molar-refractivity contribution in [3.8, 4) is 5.75 Å². The van der Waals surface area contributed by atoms with Gasteiger partial charge in [-0.3, -0.25) is 4.79 Å². The van der Waals surface area contributed by atoms with Crippen LogP contribution in [-0.4, -0.2) is 47.0 Å². The highest BCUT2D eigenvalue weighted by Gasteiger charge is 2.20. The van der Waals surface area contributed by atoms with Gasteiger partial charge < -0.3 is 19.8 Å². The second-order valence-corrected chi connectivity index (χ2v) is 7.12. The summed E-state index contributed by atoms with van der Waals surface area (Å²) in [7, 11) is 0. The highest BCUT2D eigenvalue weighted by molar-refractivity contribution is 8.00. The van der Waals surface area contributed by atoms with Crippen molar-refractivity contribution in [3.05, 3.63) is 18.2 Å². The first-order chi connectivity index (χ1) is 11.7. The number of aromatic amines is 1. The largest absolute Gasteiger partial charge is 0.494 e. The van der Waals surface area contributed by atoms with Crippen molar-refractivity contribution in [1.82, 2.24) is 15.3 Å². The molecule has 1 aliphatic heterocycles. The highest BCUT2D eigenvalue weighted by atomic mass is 32.2. The molecule has 0 radical (unpaired) electrons. The van der Waals surface area contributed by atoms with Crippen LogP contribution in [-0.2, 0) is 9.53 Å². The lowest BCUT2D eigenvalue weighted by molar-refractivity contribution is -0.120. The minimum Gasteiger partial charge on any atom is -0.494 e. The summed E-state index contributed by atoms with van der Waals surface area (Å²) in [5.41, 5.74) is 1.78. The van der Waals surface area contributed by atoms with Crippen LogP contribution in [0.1, 0.15) is 26.7 Å². The smallest absolute Gasteiger partial charge is 0.233 e. The molecule has 0 spiro atoms. The molecule has 2 N–H and O–H groups in total. The van der Waals surface area contributed by atoms with Crippen LogP contribution < -0.4 is 10.1 Å². The van der Waals surface area contributed by atoms with Crippen LogP contribution in [0.4, 0.5) is 0 Å². The summed E-state index contributed by atoms with van der Waals surface area (Å²) >= 11 is 1.42. The molecule has 6 nitrogen and oxygen atoms in total. The van der Waals surface area contributed by atoms with Gasteiger partial charge in [-0.2, -0.15) is 0 Å². The van der Waals surface area contributed by atoms with Gasteiger partial charge in [-0.25, -0.2) is 4.98 Å². The predicted molar refractivity (Wildman–Crippen MR) is 94.6 cm³/mol. The van der Waals surface area contributed by atoms with Crippen LogP contribution in [0.25, 0.3) is 11.0 Å². The molecule has 1 fully saturated rings. The summed E-state index contributed by atoms with van der Waals surface area (Å²) in [6.45, 7) is 5.85. The van der Waals surface area contributed by atoms with E-state index in [2.05, 4.69) is 15.3 Å². The number of hydrogen-bond acceptors (Lipinski definition) is 5. The number of imidazole rings is 1. The molecule has 130 valence electrons. The minimum atomic E-state index is -0.224. The first-order valence-electron chi connectivity index (χ1n) is 8.34. The summed E-state index contributed by atoms with van der Waals surface area (Å²) in [6.07, 6.45) is 2.26. The number of aromatic nitrogens is 2. The van der Waals surface area contributed by atoms with Gasteiger partial charge in [0.1, 0.15) is 5.75 Å². The average Bonchev–Trinajstić information content (AvgIpc) is 3.21. The quantitative estimate of drug-likeness (QED) is 0.752. The van der Waals surface area contributed by atoms with Crippen molar-refractivity contribution >= 4 is 28.7 Å². The third-order valence-electron chi connectivity index (χ3n) is 3.93. The van der Waals surface area contributed by atoms with Crippen molar-refractivity contribution < 1.29 is 14.3 Å². The standard InChI is InChI=1S/C17H23N3O3S/c1-3-22-12-6-7-14-15(9-12)20-17(19-14)24-11(2)16(21)18-10-13-5-4-8-23-13/h6-7,9,11,13H,3-5,8,10H2,1-2H3,(H,18,21)(H,19,20)/t11-,13-/m1/s1. The van der Waals surface area contributed by atoms with Crippen LogP contribution in [0.3, 0.4) is 0 Å². The minimum absolute atomic E-state index is 0.00552. The number of hydrogen-bond donors (Lipinski definition) is 2. The van der Waals surface area contributed by atoms with Crippen LogP contribution in [0.5, 0.6) is 5.75 Å². The van der Waals surface area contributed by atoms with Gasteiger partial charge in [0.2, 0.25) is 5.91 Å². The Morgan fingerprint density at radius 3 is 3.21 bits per heavy atom. The first-order valence-corrected chi connectivity index (χ1v) is 9.22. The lowest BCUT2D eigenvalue weighted by atomic mass is 10.2. The molecule has 0 unspecified atom stereocenters. The number of H-pyrrole nitrogens is 1. The fraction of sp³-hybridized carbons (Fsp3) is 0.529. The van der Waals surface area contributed by atoms with E-state index in [9.17, 15) is 4.79 Å². The van der Waals surface area contributed by atoms with E-state index in [1.807, 2.05) is 32.0 Å². The maximum atomic E-state index is 12.2. The molecule has 0 saturated carbocycles. The molecule has 1 aliphatic rings. The van der Waals surface area contributed by atoms with E-state index in [1.165, 1.54) is 11.8 Å². The summed E-state index contributed by atoms with van der Waals surface area (Å²) in [4.78, 5) is 20.0. The number of nitrogens with one attached hydrogen (secondary N) is 2. The molecule has 24 heavy (non-hydrogen) atoms. The maximum absolute atomic E-state index is 12.2. The van der Waals surface area contributed by atoms with E-state index in [-0.39, 0.29) is 17.3 Å². The number of thioether (sulfide) groups is 1. The lowest BCUT2D eigenvalue weighted by Gasteiger charge is -2.13. The van der Waals surface area contributed by atoms with E-state index in [0.717, 1.165) is 41.4 Å². The molecule has 3 rings (SSSR count). The molecule has 7 heteroatoms.